The lowest BCUT2D eigenvalue weighted by molar-refractivity contribution is 0.0633. The highest BCUT2D eigenvalue weighted by molar-refractivity contribution is 7.08. The highest BCUT2D eigenvalue weighted by Gasteiger charge is 2.30. The lowest BCUT2D eigenvalue weighted by atomic mass is 10.0. The molecule has 1 atom stereocenters. The number of hydrogen-bond acceptors (Lipinski definition) is 5. The summed E-state index contributed by atoms with van der Waals surface area (Å²) in [6.45, 7) is 4.07. The topological polar surface area (TPSA) is 54.5 Å². The van der Waals surface area contributed by atoms with Crippen molar-refractivity contribution in [2.24, 2.45) is 0 Å². The number of carbonyl (C=O) groups excluding carboxylic acids is 1. The largest absolute Gasteiger partial charge is 0.497 e. The van der Waals surface area contributed by atoms with Gasteiger partial charge < -0.3 is 15.0 Å². The standard InChI is InChI=1S/C22H23N3O2S/c1-15-19(6-7-20(24-15)17-8-11-28-14-17)22(26)25-10-9-23-13-21(25)16-4-3-5-18(12-16)27-2/h3-8,11-12,14,21,23H,9-10,13H2,1-2H3. The molecule has 1 N–H and O–H groups in total. The summed E-state index contributed by atoms with van der Waals surface area (Å²) in [5.74, 6) is 0.824. The summed E-state index contributed by atoms with van der Waals surface area (Å²) in [5, 5.41) is 7.50. The molecule has 0 bridgehead atoms. The zero-order valence-electron chi connectivity index (χ0n) is 16.0. The van der Waals surface area contributed by atoms with Crippen LogP contribution in [0, 0.1) is 6.92 Å². The summed E-state index contributed by atoms with van der Waals surface area (Å²) in [6.07, 6.45) is 0. The first kappa shape index (κ1) is 18.7. The molecule has 1 unspecified atom stereocenters. The monoisotopic (exact) mass is 393 g/mol. The molecule has 0 radical (unpaired) electrons. The molecule has 1 aliphatic rings. The molecular formula is C22H23N3O2S. The van der Waals surface area contributed by atoms with Crippen LogP contribution >= 0.6 is 11.3 Å². The molecule has 3 heterocycles. The van der Waals surface area contributed by atoms with Gasteiger partial charge in [-0.15, -0.1) is 0 Å². The van der Waals surface area contributed by atoms with Crippen molar-refractivity contribution in [2.75, 3.05) is 26.7 Å². The number of aromatic nitrogens is 1. The molecule has 1 fully saturated rings. The van der Waals surface area contributed by atoms with E-state index >= 15 is 0 Å². The Labute approximate surface area is 169 Å². The summed E-state index contributed by atoms with van der Waals surface area (Å²) in [4.78, 5) is 20.0. The lowest BCUT2D eigenvalue weighted by Crippen LogP contribution is -2.48. The quantitative estimate of drug-likeness (QED) is 0.730. The maximum Gasteiger partial charge on any atom is 0.256 e. The van der Waals surface area contributed by atoms with Crippen LogP contribution in [0.1, 0.15) is 27.7 Å². The number of carbonyl (C=O) groups is 1. The molecule has 5 nitrogen and oxygen atoms in total. The van der Waals surface area contributed by atoms with Crippen molar-refractivity contribution >= 4 is 17.2 Å². The molecule has 0 aliphatic carbocycles. The number of amides is 1. The Balaban J connectivity index is 1.63. The van der Waals surface area contributed by atoms with Gasteiger partial charge >= 0.3 is 0 Å². The molecule has 4 rings (SSSR count). The summed E-state index contributed by atoms with van der Waals surface area (Å²) in [6, 6.07) is 13.8. The molecule has 1 saturated heterocycles. The number of benzene rings is 1. The minimum atomic E-state index is -0.0349. The van der Waals surface area contributed by atoms with Crippen molar-refractivity contribution in [3.63, 3.8) is 0 Å². The average molecular weight is 394 g/mol. The Morgan fingerprint density at radius 1 is 1.29 bits per heavy atom. The first-order chi connectivity index (χ1) is 13.7. The van der Waals surface area contributed by atoms with E-state index in [-0.39, 0.29) is 11.9 Å². The highest BCUT2D eigenvalue weighted by Crippen LogP contribution is 2.28. The van der Waals surface area contributed by atoms with Gasteiger partial charge in [-0.2, -0.15) is 11.3 Å². The van der Waals surface area contributed by atoms with Crippen LogP contribution in [0.25, 0.3) is 11.3 Å². The van der Waals surface area contributed by atoms with Crippen molar-refractivity contribution in [1.82, 2.24) is 15.2 Å². The number of nitrogens with one attached hydrogen (secondary N) is 1. The van der Waals surface area contributed by atoms with Gasteiger partial charge in [0.1, 0.15) is 5.75 Å². The molecule has 1 aromatic carbocycles. The van der Waals surface area contributed by atoms with Crippen molar-refractivity contribution in [1.29, 1.82) is 0 Å². The van der Waals surface area contributed by atoms with E-state index in [9.17, 15) is 4.79 Å². The normalized spacial score (nSPS) is 16.8. The lowest BCUT2D eigenvalue weighted by Gasteiger charge is -2.37. The Hall–Kier alpha value is -2.70. The first-order valence-electron chi connectivity index (χ1n) is 9.33. The van der Waals surface area contributed by atoms with Gasteiger partial charge in [0.2, 0.25) is 0 Å². The maximum atomic E-state index is 13.4. The van der Waals surface area contributed by atoms with Crippen LogP contribution in [0.15, 0.2) is 53.2 Å². The molecule has 1 amide bonds. The molecule has 6 heteroatoms. The third-order valence-corrected chi connectivity index (χ3v) is 5.80. The summed E-state index contributed by atoms with van der Waals surface area (Å²) < 4.78 is 5.36. The Morgan fingerprint density at radius 2 is 2.18 bits per heavy atom. The second-order valence-electron chi connectivity index (χ2n) is 6.84. The first-order valence-corrected chi connectivity index (χ1v) is 10.3. The zero-order valence-corrected chi connectivity index (χ0v) is 16.8. The number of rotatable bonds is 4. The summed E-state index contributed by atoms with van der Waals surface area (Å²) >= 11 is 1.64. The number of nitrogens with zero attached hydrogens (tertiary/aromatic N) is 2. The van der Waals surface area contributed by atoms with Gasteiger partial charge in [-0.1, -0.05) is 12.1 Å². The highest BCUT2D eigenvalue weighted by atomic mass is 32.1. The van der Waals surface area contributed by atoms with Crippen molar-refractivity contribution in [3.05, 3.63) is 70.0 Å². The summed E-state index contributed by atoms with van der Waals surface area (Å²) in [7, 11) is 1.66. The van der Waals surface area contributed by atoms with Crippen molar-refractivity contribution in [3.8, 4) is 17.0 Å². The van der Waals surface area contributed by atoms with E-state index in [4.69, 9.17) is 4.74 Å². The fraction of sp³-hybridized carbons (Fsp3) is 0.273. The van der Waals surface area contributed by atoms with Crippen LogP contribution in [-0.2, 0) is 0 Å². The van der Waals surface area contributed by atoms with Gasteiger partial charge in [0.15, 0.2) is 0 Å². The van der Waals surface area contributed by atoms with Gasteiger partial charge in [-0.25, -0.2) is 0 Å². The molecule has 28 heavy (non-hydrogen) atoms. The predicted octanol–water partition coefficient (Wildman–Crippen LogP) is 3.91. The maximum absolute atomic E-state index is 13.4. The van der Waals surface area contributed by atoms with Crippen molar-refractivity contribution in [2.45, 2.75) is 13.0 Å². The number of aryl methyl sites for hydroxylation is 1. The van der Waals surface area contributed by atoms with E-state index in [0.717, 1.165) is 41.4 Å². The Kier molecular flexibility index (Phi) is 5.41. The number of ether oxygens (including phenoxy) is 1. The minimum Gasteiger partial charge on any atom is -0.497 e. The van der Waals surface area contributed by atoms with Crippen LogP contribution < -0.4 is 10.1 Å². The second-order valence-corrected chi connectivity index (χ2v) is 7.62. The van der Waals surface area contributed by atoms with Crippen LogP contribution in [0.3, 0.4) is 0 Å². The van der Waals surface area contributed by atoms with Crippen LogP contribution in [0.2, 0.25) is 0 Å². The van der Waals surface area contributed by atoms with Crippen molar-refractivity contribution < 1.29 is 9.53 Å². The van der Waals surface area contributed by atoms with E-state index in [1.807, 2.05) is 59.7 Å². The van der Waals surface area contributed by atoms with Gasteiger partial charge in [-0.3, -0.25) is 9.78 Å². The third kappa shape index (κ3) is 3.66. The number of piperazine rings is 1. The van der Waals surface area contributed by atoms with Gasteiger partial charge in [0, 0.05) is 30.6 Å². The smallest absolute Gasteiger partial charge is 0.256 e. The fourth-order valence-corrected chi connectivity index (χ4v) is 4.26. The number of thiophene rings is 1. The van der Waals surface area contributed by atoms with Crippen LogP contribution in [-0.4, -0.2) is 42.5 Å². The second kappa shape index (κ2) is 8.12. The van der Waals surface area contributed by atoms with E-state index in [0.29, 0.717) is 12.1 Å². The van der Waals surface area contributed by atoms with E-state index in [2.05, 4.69) is 15.7 Å². The molecular weight excluding hydrogens is 370 g/mol. The molecule has 0 saturated carbocycles. The van der Waals surface area contributed by atoms with Gasteiger partial charge in [-0.05, 0) is 48.2 Å². The van der Waals surface area contributed by atoms with E-state index < -0.39 is 0 Å². The molecule has 2 aromatic heterocycles. The minimum absolute atomic E-state index is 0.0242. The molecule has 1 aliphatic heterocycles. The fourth-order valence-electron chi connectivity index (χ4n) is 3.61. The predicted molar refractivity (Wildman–Crippen MR) is 112 cm³/mol. The van der Waals surface area contributed by atoms with E-state index in [1.165, 1.54) is 0 Å². The molecule has 0 spiro atoms. The van der Waals surface area contributed by atoms with Gasteiger partial charge in [0.25, 0.3) is 5.91 Å². The third-order valence-electron chi connectivity index (χ3n) is 5.12. The van der Waals surface area contributed by atoms with Crippen LogP contribution in [0.4, 0.5) is 0 Å². The number of hydrogen-bond donors (Lipinski definition) is 1. The molecule has 144 valence electrons. The number of pyridine rings is 1. The number of methoxy groups -OCH3 is 1. The average Bonchev–Trinajstić information content (AvgIpc) is 3.28. The molecule has 3 aromatic rings. The Bertz CT molecular complexity index is 972. The SMILES string of the molecule is COc1cccc(C2CNCCN2C(=O)c2ccc(-c3ccsc3)nc2C)c1. The van der Waals surface area contributed by atoms with Gasteiger partial charge in [0.05, 0.1) is 30.1 Å². The zero-order chi connectivity index (χ0) is 19.5. The van der Waals surface area contributed by atoms with Crippen LogP contribution in [0.5, 0.6) is 5.75 Å². The summed E-state index contributed by atoms with van der Waals surface area (Å²) in [5.41, 5.74) is 4.48. The Morgan fingerprint density at radius 3 is 2.93 bits per heavy atom. The van der Waals surface area contributed by atoms with E-state index in [1.54, 1.807) is 18.4 Å².